The second-order valence-corrected chi connectivity index (χ2v) is 3.50. The van der Waals surface area contributed by atoms with E-state index in [4.69, 9.17) is 16.2 Å². The van der Waals surface area contributed by atoms with E-state index in [1.54, 1.807) is 0 Å². The van der Waals surface area contributed by atoms with Crippen molar-refractivity contribution < 1.29 is 4.74 Å². The first-order chi connectivity index (χ1) is 6.18. The Kier molecular flexibility index (Phi) is 1.98. The van der Waals surface area contributed by atoms with Crippen LogP contribution in [0.5, 0.6) is 5.75 Å². The summed E-state index contributed by atoms with van der Waals surface area (Å²) in [6, 6.07) is 6.03. The third-order valence-electron chi connectivity index (χ3n) is 2.38. The van der Waals surface area contributed by atoms with Crippen LogP contribution in [0.4, 0.5) is 0 Å². The third-order valence-corrected chi connectivity index (χ3v) is 2.38. The van der Waals surface area contributed by atoms with Crippen LogP contribution in [0.25, 0.3) is 0 Å². The monoisotopic (exact) mass is 178 g/mol. The largest absolute Gasteiger partial charge is 0.491 e. The van der Waals surface area contributed by atoms with E-state index in [1.807, 2.05) is 25.1 Å². The first-order valence-corrected chi connectivity index (χ1v) is 4.46. The fourth-order valence-electron chi connectivity index (χ4n) is 1.54. The van der Waals surface area contributed by atoms with E-state index in [0.29, 0.717) is 6.61 Å². The Morgan fingerprint density at radius 3 is 3.00 bits per heavy atom. The van der Waals surface area contributed by atoms with Gasteiger partial charge in [0.1, 0.15) is 12.4 Å². The van der Waals surface area contributed by atoms with E-state index in [0.717, 1.165) is 16.9 Å². The maximum atomic E-state index is 5.85. The SMILES string of the molecule is C[C@H](N)c1ccc2c(c1)[C@@H](N)CO2. The van der Waals surface area contributed by atoms with Gasteiger partial charge in [0.25, 0.3) is 0 Å². The minimum absolute atomic E-state index is 0.00806. The van der Waals surface area contributed by atoms with Gasteiger partial charge >= 0.3 is 0 Å². The molecule has 0 radical (unpaired) electrons. The number of benzene rings is 1. The Balaban J connectivity index is 2.42. The van der Waals surface area contributed by atoms with Gasteiger partial charge in [0.15, 0.2) is 0 Å². The van der Waals surface area contributed by atoms with Gasteiger partial charge in [-0.05, 0) is 24.6 Å². The summed E-state index contributed by atoms with van der Waals surface area (Å²) in [4.78, 5) is 0. The van der Waals surface area contributed by atoms with Crippen molar-refractivity contribution in [1.82, 2.24) is 0 Å². The lowest BCUT2D eigenvalue weighted by atomic mass is 10.0. The van der Waals surface area contributed by atoms with Gasteiger partial charge in [0, 0.05) is 11.6 Å². The summed E-state index contributed by atoms with van der Waals surface area (Å²) in [7, 11) is 0. The van der Waals surface area contributed by atoms with Crippen molar-refractivity contribution in [1.29, 1.82) is 0 Å². The summed E-state index contributed by atoms with van der Waals surface area (Å²) in [5.74, 6) is 0.900. The quantitative estimate of drug-likeness (QED) is 0.677. The molecule has 2 rings (SSSR count). The van der Waals surface area contributed by atoms with Crippen LogP contribution in [0.2, 0.25) is 0 Å². The molecule has 1 aromatic carbocycles. The van der Waals surface area contributed by atoms with Crippen molar-refractivity contribution in [2.45, 2.75) is 19.0 Å². The maximum Gasteiger partial charge on any atom is 0.124 e. The molecule has 0 aliphatic carbocycles. The predicted octanol–water partition coefficient (Wildman–Crippen LogP) is 1.10. The summed E-state index contributed by atoms with van der Waals surface area (Å²) < 4.78 is 5.38. The normalized spacial score (nSPS) is 22.2. The van der Waals surface area contributed by atoms with E-state index < -0.39 is 0 Å². The molecule has 3 nitrogen and oxygen atoms in total. The zero-order chi connectivity index (χ0) is 9.42. The summed E-state index contributed by atoms with van der Waals surface area (Å²) in [6.07, 6.45) is 0. The van der Waals surface area contributed by atoms with Crippen molar-refractivity contribution in [3.05, 3.63) is 29.3 Å². The number of hydrogen-bond acceptors (Lipinski definition) is 3. The van der Waals surface area contributed by atoms with Gasteiger partial charge < -0.3 is 16.2 Å². The number of rotatable bonds is 1. The summed E-state index contributed by atoms with van der Waals surface area (Å²) in [6.45, 7) is 2.54. The van der Waals surface area contributed by atoms with Crippen LogP contribution in [0.15, 0.2) is 18.2 Å². The molecule has 0 fully saturated rings. The maximum absolute atomic E-state index is 5.85. The third kappa shape index (κ3) is 1.41. The van der Waals surface area contributed by atoms with Gasteiger partial charge in [-0.15, -0.1) is 0 Å². The Hall–Kier alpha value is -1.06. The Labute approximate surface area is 77.7 Å². The second-order valence-electron chi connectivity index (χ2n) is 3.50. The Morgan fingerprint density at radius 2 is 2.31 bits per heavy atom. The molecule has 0 saturated carbocycles. The average molecular weight is 178 g/mol. The van der Waals surface area contributed by atoms with Gasteiger partial charge in [0.2, 0.25) is 0 Å². The van der Waals surface area contributed by atoms with Crippen LogP contribution in [0.3, 0.4) is 0 Å². The second kappa shape index (κ2) is 3.01. The molecule has 70 valence electrons. The molecule has 1 aromatic rings. The minimum atomic E-state index is 0.00806. The predicted molar refractivity (Wildman–Crippen MR) is 51.5 cm³/mol. The highest BCUT2D eigenvalue weighted by molar-refractivity contribution is 5.42. The molecule has 0 spiro atoms. The van der Waals surface area contributed by atoms with Crippen molar-refractivity contribution in [3.63, 3.8) is 0 Å². The molecule has 0 amide bonds. The number of ether oxygens (including phenoxy) is 1. The average Bonchev–Trinajstić information content (AvgIpc) is 2.47. The highest BCUT2D eigenvalue weighted by atomic mass is 16.5. The van der Waals surface area contributed by atoms with Crippen LogP contribution >= 0.6 is 0 Å². The molecule has 0 saturated heterocycles. The molecular weight excluding hydrogens is 164 g/mol. The van der Waals surface area contributed by atoms with Gasteiger partial charge in [-0.2, -0.15) is 0 Å². The minimum Gasteiger partial charge on any atom is -0.491 e. The van der Waals surface area contributed by atoms with Gasteiger partial charge in [-0.25, -0.2) is 0 Å². The van der Waals surface area contributed by atoms with Gasteiger partial charge in [0.05, 0.1) is 6.04 Å². The Bertz CT molecular complexity index is 323. The van der Waals surface area contributed by atoms with Crippen molar-refractivity contribution >= 4 is 0 Å². The topological polar surface area (TPSA) is 61.3 Å². The first kappa shape index (κ1) is 8.53. The molecule has 1 aliphatic heterocycles. The molecular formula is C10H14N2O. The van der Waals surface area contributed by atoms with Crippen LogP contribution in [-0.4, -0.2) is 6.61 Å². The highest BCUT2D eigenvalue weighted by Crippen LogP contribution is 2.32. The van der Waals surface area contributed by atoms with Gasteiger partial charge in [-0.3, -0.25) is 0 Å². The number of fused-ring (bicyclic) bond motifs is 1. The van der Waals surface area contributed by atoms with Gasteiger partial charge in [-0.1, -0.05) is 6.07 Å². The fourth-order valence-corrected chi connectivity index (χ4v) is 1.54. The first-order valence-electron chi connectivity index (χ1n) is 4.46. The standard InChI is InChI=1S/C10H14N2O/c1-6(11)7-2-3-10-8(4-7)9(12)5-13-10/h2-4,6,9H,5,11-12H2,1H3/t6-,9-/m0/s1. The molecule has 1 aliphatic rings. The molecule has 0 aromatic heterocycles. The van der Waals surface area contributed by atoms with Crippen LogP contribution in [-0.2, 0) is 0 Å². The summed E-state index contributed by atoms with van der Waals surface area (Å²) >= 11 is 0. The van der Waals surface area contributed by atoms with E-state index in [1.165, 1.54) is 0 Å². The lowest BCUT2D eigenvalue weighted by Gasteiger charge is -2.08. The molecule has 0 bridgehead atoms. The number of nitrogens with two attached hydrogens (primary N) is 2. The highest BCUT2D eigenvalue weighted by Gasteiger charge is 2.20. The summed E-state index contributed by atoms with van der Waals surface area (Å²) in [5.41, 5.74) is 13.8. The lowest BCUT2D eigenvalue weighted by molar-refractivity contribution is 0.333. The summed E-state index contributed by atoms with van der Waals surface area (Å²) in [5, 5.41) is 0. The molecule has 2 atom stereocenters. The molecule has 4 N–H and O–H groups in total. The van der Waals surface area contributed by atoms with Crippen molar-refractivity contribution in [3.8, 4) is 5.75 Å². The fraction of sp³-hybridized carbons (Fsp3) is 0.400. The molecule has 1 heterocycles. The van der Waals surface area contributed by atoms with Crippen molar-refractivity contribution in [2.24, 2.45) is 11.5 Å². The van der Waals surface area contributed by atoms with Crippen molar-refractivity contribution in [2.75, 3.05) is 6.61 Å². The van der Waals surface area contributed by atoms with Crippen LogP contribution < -0.4 is 16.2 Å². The Morgan fingerprint density at radius 1 is 1.54 bits per heavy atom. The zero-order valence-corrected chi connectivity index (χ0v) is 7.66. The van der Waals surface area contributed by atoms with Crippen LogP contribution in [0.1, 0.15) is 30.1 Å². The van der Waals surface area contributed by atoms with E-state index in [-0.39, 0.29) is 12.1 Å². The molecule has 13 heavy (non-hydrogen) atoms. The van der Waals surface area contributed by atoms with E-state index in [2.05, 4.69) is 0 Å². The molecule has 3 heteroatoms. The van der Waals surface area contributed by atoms with E-state index >= 15 is 0 Å². The zero-order valence-electron chi connectivity index (χ0n) is 7.66. The number of hydrogen-bond donors (Lipinski definition) is 2. The lowest BCUT2D eigenvalue weighted by Crippen LogP contribution is -2.11. The molecule has 0 unspecified atom stereocenters. The smallest absolute Gasteiger partial charge is 0.124 e. The van der Waals surface area contributed by atoms with E-state index in [9.17, 15) is 0 Å². The van der Waals surface area contributed by atoms with Crippen LogP contribution in [0, 0.1) is 0 Å².